The summed E-state index contributed by atoms with van der Waals surface area (Å²) in [5.41, 5.74) is 5.82. The van der Waals surface area contributed by atoms with Crippen LogP contribution in [0.25, 0.3) is 0 Å². The number of rotatable bonds is 6. The van der Waals surface area contributed by atoms with Gasteiger partial charge in [-0.3, -0.25) is 0 Å². The lowest BCUT2D eigenvalue weighted by atomic mass is 9.82. The zero-order valence-electron chi connectivity index (χ0n) is 16.8. The Bertz CT molecular complexity index is 801. The Kier molecular flexibility index (Phi) is 6.01. The molecule has 0 aliphatic heterocycles. The van der Waals surface area contributed by atoms with Crippen LogP contribution in [0, 0.1) is 0 Å². The monoisotopic (exact) mass is 358 g/mol. The Balaban J connectivity index is 2.13. The Morgan fingerprint density at radius 3 is 1.44 bits per heavy atom. The van der Waals surface area contributed by atoms with E-state index in [1.165, 1.54) is 16.7 Å². The number of aromatic hydroxyl groups is 1. The molecular formula is C26H30O. The third-order valence-electron chi connectivity index (χ3n) is 5.90. The highest BCUT2D eigenvalue weighted by atomic mass is 16.3. The van der Waals surface area contributed by atoms with Crippen molar-refractivity contribution in [3.8, 4) is 5.75 Å². The molecule has 3 atom stereocenters. The van der Waals surface area contributed by atoms with Gasteiger partial charge in [0, 0.05) is 23.0 Å². The standard InChI is InChI=1S/C26H30O/c1-5-18(2)23-16-24(19(3)21-12-8-6-9-13-21)26(27)25(17-23)20(4)22-14-10-7-11-15-22/h6-20,27H,5H2,1-4H3. The van der Waals surface area contributed by atoms with Crippen molar-refractivity contribution in [1.29, 1.82) is 0 Å². The van der Waals surface area contributed by atoms with Crippen LogP contribution in [0.5, 0.6) is 5.75 Å². The molecule has 0 spiro atoms. The first kappa shape index (κ1) is 19.2. The summed E-state index contributed by atoms with van der Waals surface area (Å²) in [5, 5.41) is 11.2. The molecule has 0 amide bonds. The number of hydrogen-bond donors (Lipinski definition) is 1. The molecule has 0 heterocycles. The van der Waals surface area contributed by atoms with Gasteiger partial charge in [0.15, 0.2) is 0 Å². The molecule has 1 heteroatoms. The van der Waals surface area contributed by atoms with Crippen LogP contribution in [0.4, 0.5) is 0 Å². The van der Waals surface area contributed by atoms with Crippen molar-refractivity contribution in [1.82, 2.24) is 0 Å². The Morgan fingerprint density at radius 1 is 0.667 bits per heavy atom. The van der Waals surface area contributed by atoms with Gasteiger partial charge in [-0.2, -0.15) is 0 Å². The van der Waals surface area contributed by atoms with Crippen LogP contribution < -0.4 is 0 Å². The van der Waals surface area contributed by atoms with E-state index in [-0.39, 0.29) is 11.8 Å². The molecule has 140 valence electrons. The summed E-state index contributed by atoms with van der Waals surface area (Å²) in [6, 6.07) is 25.3. The molecule has 0 aromatic heterocycles. The first-order valence-corrected chi connectivity index (χ1v) is 9.99. The fraction of sp³-hybridized carbons (Fsp3) is 0.308. The van der Waals surface area contributed by atoms with Crippen molar-refractivity contribution in [3.05, 3.63) is 101 Å². The zero-order valence-corrected chi connectivity index (χ0v) is 16.8. The summed E-state index contributed by atoms with van der Waals surface area (Å²) in [7, 11) is 0. The molecule has 0 saturated heterocycles. The molecule has 27 heavy (non-hydrogen) atoms. The van der Waals surface area contributed by atoms with Crippen molar-refractivity contribution >= 4 is 0 Å². The smallest absolute Gasteiger partial charge is 0.123 e. The first-order valence-electron chi connectivity index (χ1n) is 9.99. The molecule has 0 radical (unpaired) electrons. The topological polar surface area (TPSA) is 20.2 Å². The maximum absolute atomic E-state index is 11.2. The summed E-state index contributed by atoms with van der Waals surface area (Å²) in [6.07, 6.45) is 1.09. The maximum Gasteiger partial charge on any atom is 0.123 e. The molecule has 0 fully saturated rings. The summed E-state index contributed by atoms with van der Waals surface area (Å²) >= 11 is 0. The molecule has 0 bridgehead atoms. The lowest BCUT2D eigenvalue weighted by Gasteiger charge is -2.23. The van der Waals surface area contributed by atoms with Gasteiger partial charge < -0.3 is 5.11 Å². The normalized spacial score (nSPS) is 14.5. The van der Waals surface area contributed by atoms with E-state index in [1.54, 1.807) is 0 Å². The van der Waals surface area contributed by atoms with Crippen molar-refractivity contribution < 1.29 is 5.11 Å². The highest BCUT2D eigenvalue weighted by molar-refractivity contribution is 5.52. The van der Waals surface area contributed by atoms with Crippen molar-refractivity contribution in [2.24, 2.45) is 0 Å². The van der Waals surface area contributed by atoms with Crippen LogP contribution in [-0.4, -0.2) is 5.11 Å². The van der Waals surface area contributed by atoms with Crippen LogP contribution in [0.2, 0.25) is 0 Å². The van der Waals surface area contributed by atoms with Crippen LogP contribution in [0.15, 0.2) is 72.8 Å². The van der Waals surface area contributed by atoms with Gasteiger partial charge in [-0.1, -0.05) is 100 Å². The van der Waals surface area contributed by atoms with E-state index in [1.807, 2.05) is 12.1 Å². The predicted octanol–water partition coefficient (Wildman–Crippen LogP) is 7.21. The second-order valence-corrected chi connectivity index (χ2v) is 7.62. The lowest BCUT2D eigenvalue weighted by molar-refractivity contribution is 0.456. The number of hydrogen-bond acceptors (Lipinski definition) is 1. The van der Waals surface area contributed by atoms with E-state index in [4.69, 9.17) is 0 Å². The molecule has 3 aromatic carbocycles. The molecule has 0 aliphatic carbocycles. The minimum atomic E-state index is 0.150. The van der Waals surface area contributed by atoms with E-state index < -0.39 is 0 Å². The van der Waals surface area contributed by atoms with Gasteiger partial charge >= 0.3 is 0 Å². The van der Waals surface area contributed by atoms with E-state index in [2.05, 4.69) is 88.4 Å². The van der Waals surface area contributed by atoms with Gasteiger partial charge in [0.05, 0.1) is 0 Å². The lowest BCUT2D eigenvalue weighted by Crippen LogP contribution is -2.05. The minimum Gasteiger partial charge on any atom is -0.507 e. The van der Waals surface area contributed by atoms with E-state index >= 15 is 0 Å². The maximum atomic E-state index is 11.2. The van der Waals surface area contributed by atoms with Gasteiger partial charge in [0.2, 0.25) is 0 Å². The molecule has 3 aromatic rings. The Hall–Kier alpha value is -2.54. The van der Waals surface area contributed by atoms with Gasteiger partial charge in [0.1, 0.15) is 5.75 Å². The Morgan fingerprint density at radius 2 is 1.07 bits per heavy atom. The van der Waals surface area contributed by atoms with E-state index in [9.17, 15) is 5.11 Å². The van der Waals surface area contributed by atoms with Gasteiger partial charge in [0.25, 0.3) is 0 Å². The molecule has 1 N–H and O–H groups in total. The summed E-state index contributed by atoms with van der Waals surface area (Å²) in [6.45, 7) is 8.85. The second kappa shape index (κ2) is 8.43. The van der Waals surface area contributed by atoms with E-state index in [0.29, 0.717) is 11.7 Å². The van der Waals surface area contributed by atoms with Gasteiger partial charge in [-0.25, -0.2) is 0 Å². The van der Waals surface area contributed by atoms with Crippen LogP contribution in [-0.2, 0) is 0 Å². The molecule has 0 saturated carbocycles. The minimum absolute atomic E-state index is 0.150. The SMILES string of the molecule is CCC(C)c1cc(C(C)c2ccccc2)c(O)c(C(C)c2ccccc2)c1. The zero-order chi connectivity index (χ0) is 19.4. The predicted molar refractivity (Wildman–Crippen MR) is 115 cm³/mol. The van der Waals surface area contributed by atoms with Crippen LogP contribution in [0.1, 0.15) is 79.7 Å². The molecule has 3 unspecified atom stereocenters. The van der Waals surface area contributed by atoms with Crippen LogP contribution >= 0.6 is 0 Å². The number of phenols is 1. The average molecular weight is 359 g/mol. The molecule has 0 aliphatic rings. The van der Waals surface area contributed by atoms with Crippen LogP contribution in [0.3, 0.4) is 0 Å². The summed E-state index contributed by atoms with van der Waals surface area (Å²) < 4.78 is 0. The fourth-order valence-electron chi connectivity index (χ4n) is 3.73. The third kappa shape index (κ3) is 4.08. The molecule has 3 rings (SSSR count). The first-order chi connectivity index (χ1) is 13.0. The largest absolute Gasteiger partial charge is 0.507 e. The van der Waals surface area contributed by atoms with Crippen molar-refractivity contribution in [3.63, 3.8) is 0 Å². The Labute approximate surface area is 163 Å². The second-order valence-electron chi connectivity index (χ2n) is 7.62. The molecular weight excluding hydrogens is 328 g/mol. The van der Waals surface area contributed by atoms with Crippen molar-refractivity contribution in [2.75, 3.05) is 0 Å². The molecule has 1 nitrogen and oxygen atoms in total. The quantitative estimate of drug-likeness (QED) is 0.493. The highest BCUT2D eigenvalue weighted by Gasteiger charge is 2.22. The summed E-state index contributed by atoms with van der Waals surface area (Å²) in [5.74, 6) is 1.21. The number of benzene rings is 3. The third-order valence-corrected chi connectivity index (χ3v) is 5.90. The highest BCUT2D eigenvalue weighted by Crippen LogP contribution is 2.41. The van der Waals surface area contributed by atoms with Gasteiger partial charge in [-0.15, -0.1) is 0 Å². The fourth-order valence-corrected chi connectivity index (χ4v) is 3.73. The van der Waals surface area contributed by atoms with Crippen molar-refractivity contribution in [2.45, 2.75) is 51.9 Å². The average Bonchev–Trinajstić information content (AvgIpc) is 2.73. The summed E-state index contributed by atoms with van der Waals surface area (Å²) in [4.78, 5) is 0. The van der Waals surface area contributed by atoms with E-state index in [0.717, 1.165) is 17.5 Å². The number of phenolic OH excluding ortho intramolecular Hbond substituents is 1. The van der Waals surface area contributed by atoms with Gasteiger partial charge in [-0.05, 0) is 29.0 Å².